The van der Waals surface area contributed by atoms with Crippen LogP contribution in [0.15, 0.2) is 54.9 Å². The van der Waals surface area contributed by atoms with Crippen molar-refractivity contribution in [1.82, 2.24) is 14.8 Å². The maximum Gasteiger partial charge on any atom is 0.170 e. The predicted octanol–water partition coefficient (Wildman–Crippen LogP) is 2.70. The number of aliphatic hydroxyl groups excluding tert-OH is 1. The SMILES string of the molecule is O[C@H]1CCOc2c(NCc3ncn(-c4ccccc4)n3)cccc21. The van der Waals surface area contributed by atoms with Gasteiger partial charge in [0.15, 0.2) is 5.82 Å². The molecule has 122 valence electrons. The quantitative estimate of drug-likeness (QED) is 0.773. The number of para-hydroxylation sites is 2. The lowest BCUT2D eigenvalue weighted by molar-refractivity contribution is 0.116. The van der Waals surface area contributed by atoms with Gasteiger partial charge >= 0.3 is 0 Å². The topological polar surface area (TPSA) is 72.2 Å². The molecule has 1 aliphatic heterocycles. The fourth-order valence-electron chi connectivity index (χ4n) is 2.80. The summed E-state index contributed by atoms with van der Waals surface area (Å²) in [5.41, 5.74) is 2.65. The number of nitrogens with zero attached hydrogens (tertiary/aromatic N) is 3. The van der Waals surface area contributed by atoms with Crippen molar-refractivity contribution in [3.8, 4) is 11.4 Å². The zero-order valence-corrected chi connectivity index (χ0v) is 13.1. The Balaban J connectivity index is 1.50. The number of anilines is 1. The van der Waals surface area contributed by atoms with E-state index in [1.807, 2.05) is 48.5 Å². The molecule has 1 aliphatic rings. The van der Waals surface area contributed by atoms with E-state index in [0.717, 1.165) is 22.7 Å². The third-order valence-corrected chi connectivity index (χ3v) is 4.04. The normalized spacial score (nSPS) is 16.3. The Morgan fingerprint density at radius 1 is 1.17 bits per heavy atom. The van der Waals surface area contributed by atoms with E-state index in [1.165, 1.54) is 0 Å². The molecular weight excluding hydrogens is 304 g/mol. The summed E-state index contributed by atoms with van der Waals surface area (Å²) in [6.07, 6.45) is 1.86. The molecular formula is C18H18N4O2. The minimum absolute atomic E-state index is 0.467. The molecule has 6 nitrogen and oxygen atoms in total. The van der Waals surface area contributed by atoms with Crippen molar-refractivity contribution in [1.29, 1.82) is 0 Å². The standard InChI is InChI=1S/C18H18N4O2/c23-16-9-10-24-18-14(16)7-4-8-15(18)19-11-17-20-12-22(21-17)13-5-2-1-3-6-13/h1-8,12,16,19,23H,9-11H2/t16-/m0/s1. The highest BCUT2D eigenvalue weighted by Gasteiger charge is 2.21. The van der Waals surface area contributed by atoms with Crippen molar-refractivity contribution in [3.63, 3.8) is 0 Å². The fraction of sp³-hybridized carbons (Fsp3) is 0.222. The summed E-state index contributed by atoms with van der Waals surface area (Å²) in [5, 5.41) is 17.8. The highest BCUT2D eigenvalue weighted by molar-refractivity contribution is 5.61. The Morgan fingerprint density at radius 3 is 2.92 bits per heavy atom. The minimum atomic E-state index is -0.467. The molecule has 0 spiro atoms. The zero-order valence-electron chi connectivity index (χ0n) is 13.1. The van der Waals surface area contributed by atoms with Crippen LogP contribution in [-0.4, -0.2) is 26.5 Å². The highest BCUT2D eigenvalue weighted by Crippen LogP contribution is 2.37. The number of hydrogen-bond donors (Lipinski definition) is 2. The van der Waals surface area contributed by atoms with Gasteiger partial charge in [-0.1, -0.05) is 30.3 Å². The molecule has 0 aliphatic carbocycles. The van der Waals surface area contributed by atoms with Crippen molar-refractivity contribution < 1.29 is 9.84 Å². The van der Waals surface area contributed by atoms with Crippen LogP contribution in [-0.2, 0) is 6.54 Å². The maximum absolute atomic E-state index is 10.1. The summed E-state index contributed by atoms with van der Waals surface area (Å²) in [4.78, 5) is 4.33. The number of aliphatic hydroxyl groups is 1. The highest BCUT2D eigenvalue weighted by atomic mass is 16.5. The Hall–Kier alpha value is -2.86. The Labute approximate surface area is 139 Å². The Kier molecular flexibility index (Phi) is 3.88. The second-order valence-electron chi connectivity index (χ2n) is 5.67. The lowest BCUT2D eigenvalue weighted by Crippen LogP contribution is -2.15. The smallest absolute Gasteiger partial charge is 0.170 e. The van der Waals surface area contributed by atoms with E-state index in [2.05, 4.69) is 15.4 Å². The first kappa shape index (κ1) is 14.7. The molecule has 4 rings (SSSR count). The molecule has 1 aromatic heterocycles. The van der Waals surface area contributed by atoms with E-state index in [0.29, 0.717) is 25.4 Å². The Morgan fingerprint density at radius 2 is 2.04 bits per heavy atom. The van der Waals surface area contributed by atoms with Crippen LogP contribution in [0.1, 0.15) is 23.9 Å². The number of ether oxygens (including phenoxy) is 1. The number of rotatable bonds is 4. The number of nitrogens with one attached hydrogen (secondary N) is 1. The molecule has 6 heteroatoms. The van der Waals surface area contributed by atoms with Gasteiger partial charge in [-0.15, -0.1) is 5.10 Å². The molecule has 2 N–H and O–H groups in total. The molecule has 0 fully saturated rings. The second-order valence-corrected chi connectivity index (χ2v) is 5.67. The van der Waals surface area contributed by atoms with Gasteiger partial charge < -0.3 is 15.2 Å². The summed E-state index contributed by atoms with van der Waals surface area (Å²) in [6.45, 7) is 1.00. The van der Waals surface area contributed by atoms with E-state index in [4.69, 9.17) is 4.74 Å². The van der Waals surface area contributed by atoms with Gasteiger partial charge in [0, 0.05) is 12.0 Å². The van der Waals surface area contributed by atoms with Crippen LogP contribution in [0.25, 0.3) is 5.69 Å². The van der Waals surface area contributed by atoms with Crippen LogP contribution in [0.4, 0.5) is 5.69 Å². The van der Waals surface area contributed by atoms with Gasteiger partial charge in [0.1, 0.15) is 12.1 Å². The lowest BCUT2D eigenvalue weighted by Gasteiger charge is -2.24. The van der Waals surface area contributed by atoms with Crippen LogP contribution in [0.2, 0.25) is 0 Å². The van der Waals surface area contributed by atoms with Crippen molar-refractivity contribution in [3.05, 3.63) is 66.2 Å². The van der Waals surface area contributed by atoms with Crippen molar-refractivity contribution in [2.75, 3.05) is 11.9 Å². The Bertz CT molecular complexity index is 832. The summed E-state index contributed by atoms with van der Waals surface area (Å²) < 4.78 is 7.47. The molecule has 2 heterocycles. The van der Waals surface area contributed by atoms with Crippen molar-refractivity contribution in [2.24, 2.45) is 0 Å². The van der Waals surface area contributed by atoms with Crippen LogP contribution in [0.3, 0.4) is 0 Å². The summed E-state index contributed by atoms with van der Waals surface area (Å²) in [5.74, 6) is 1.41. The number of hydrogen-bond acceptors (Lipinski definition) is 5. The average molecular weight is 322 g/mol. The van der Waals surface area contributed by atoms with Crippen LogP contribution < -0.4 is 10.1 Å². The summed E-state index contributed by atoms with van der Waals surface area (Å²) in [6, 6.07) is 15.6. The largest absolute Gasteiger partial charge is 0.491 e. The van der Waals surface area contributed by atoms with Gasteiger partial charge in [0.2, 0.25) is 0 Å². The summed E-state index contributed by atoms with van der Waals surface area (Å²) in [7, 11) is 0. The average Bonchev–Trinajstić information content (AvgIpc) is 3.10. The lowest BCUT2D eigenvalue weighted by atomic mass is 10.0. The minimum Gasteiger partial charge on any atom is -0.491 e. The molecule has 0 saturated carbocycles. The predicted molar refractivity (Wildman–Crippen MR) is 90.2 cm³/mol. The zero-order chi connectivity index (χ0) is 16.4. The van der Waals surface area contributed by atoms with E-state index >= 15 is 0 Å². The second kappa shape index (κ2) is 6.33. The third-order valence-electron chi connectivity index (χ3n) is 4.04. The molecule has 0 unspecified atom stereocenters. The monoisotopic (exact) mass is 322 g/mol. The van der Waals surface area contributed by atoms with E-state index in [1.54, 1.807) is 11.0 Å². The van der Waals surface area contributed by atoms with Crippen LogP contribution >= 0.6 is 0 Å². The third kappa shape index (κ3) is 2.83. The maximum atomic E-state index is 10.1. The van der Waals surface area contributed by atoms with E-state index in [9.17, 15) is 5.11 Å². The van der Waals surface area contributed by atoms with Gasteiger partial charge in [-0.3, -0.25) is 0 Å². The molecule has 1 atom stereocenters. The molecule has 0 amide bonds. The van der Waals surface area contributed by atoms with Crippen LogP contribution in [0.5, 0.6) is 5.75 Å². The summed E-state index contributed by atoms with van der Waals surface area (Å²) >= 11 is 0. The van der Waals surface area contributed by atoms with E-state index < -0.39 is 6.10 Å². The van der Waals surface area contributed by atoms with E-state index in [-0.39, 0.29) is 0 Å². The van der Waals surface area contributed by atoms with Gasteiger partial charge in [-0.2, -0.15) is 0 Å². The number of benzene rings is 2. The molecule has 2 aromatic carbocycles. The van der Waals surface area contributed by atoms with Crippen molar-refractivity contribution in [2.45, 2.75) is 19.1 Å². The first-order valence-corrected chi connectivity index (χ1v) is 7.95. The van der Waals surface area contributed by atoms with Gasteiger partial charge in [0.05, 0.1) is 30.6 Å². The number of aromatic nitrogens is 3. The first-order chi connectivity index (χ1) is 11.8. The first-order valence-electron chi connectivity index (χ1n) is 7.95. The van der Waals surface area contributed by atoms with Gasteiger partial charge in [-0.25, -0.2) is 9.67 Å². The van der Waals surface area contributed by atoms with Crippen molar-refractivity contribution >= 4 is 5.69 Å². The fourth-order valence-corrected chi connectivity index (χ4v) is 2.80. The molecule has 0 radical (unpaired) electrons. The molecule has 0 bridgehead atoms. The van der Waals surface area contributed by atoms with Gasteiger partial charge in [-0.05, 0) is 18.2 Å². The molecule has 24 heavy (non-hydrogen) atoms. The van der Waals surface area contributed by atoms with Gasteiger partial charge in [0.25, 0.3) is 0 Å². The molecule has 3 aromatic rings. The molecule has 0 saturated heterocycles. The number of fused-ring (bicyclic) bond motifs is 1. The van der Waals surface area contributed by atoms with Crippen LogP contribution in [0, 0.1) is 0 Å².